The Labute approximate surface area is 115 Å². The van der Waals surface area contributed by atoms with E-state index in [1.807, 2.05) is 27.8 Å². The zero-order chi connectivity index (χ0) is 13.7. The highest BCUT2D eigenvalue weighted by Crippen LogP contribution is 2.12. The second kappa shape index (κ2) is 6.75. The maximum absolute atomic E-state index is 12.6. The molecule has 1 fully saturated rings. The summed E-state index contributed by atoms with van der Waals surface area (Å²) < 4.78 is 2.02. The molecule has 1 saturated heterocycles. The number of hydrogen-bond donors (Lipinski definition) is 1. The van der Waals surface area contributed by atoms with Crippen molar-refractivity contribution in [2.24, 2.45) is 0 Å². The van der Waals surface area contributed by atoms with Crippen LogP contribution in [0.2, 0.25) is 0 Å². The first-order valence-corrected chi connectivity index (χ1v) is 7.44. The van der Waals surface area contributed by atoms with Crippen LogP contribution in [0.3, 0.4) is 0 Å². The Morgan fingerprint density at radius 2 is 2.37 bits per heavy atom. The van der Waals surface area contributed by atoms with Crippen LogP contribution in [0.4, 0.5) is 0 Å². The molecule has 1 N–H and O–H groups in total. The van der Waals surface area contributed by atoms with Crippen LogP contribution in [0.5, 0.6) is 0 Å². The molecule has 2 rings (SSSR count). The van der Waals surface area contributed by atoms with Gasteiger partial charge in [-0.1, -0.05) is 6.92 Å². The number of nitrogens with zero attached hydrogens (tertiary/aromatic N) is 2. The van der Waals surface area contributed by atoms with E-state index < -0.39 is 0 Å². The van der Waals surface area contributed by atoms with Crippen LogP contribution in [0, 0.1) is 0 Å². The molecule has 0 aromatic carbocycles. The van der Waals surface area contributed by atoms with Crippen molar-refractivity contribution in [2.75, 3.05) is 19.6 Å². The normalized spacial score (nSPS) is 18.7. The summed E-state index contributed by atoms with van der Waals surface area (Å²) in [5, 5.41) is 3.47. The number of amides is 1. The highest BCUT2D eigenvalue weighted by atomic mass is 16.2. The first-order chi connectivity index (χ1) is 9.26. The fourth-order valence-corrected chi connectivity index (χ4v) is 2.77. The summed E-state index contributed by atoms with van der Waals surface area (Å²) in [7, 11) is 0. The van der Waals surface area contributed by atoms with Crippen LogP contribution in [0.15, 0.2) is 18.3 Å². The van der Waals surface area contributed by atoms with Gasteiger partial charge in [0.05, 0.1) is 0 Å². The number of hydrogen-bond acceptors (Lipinski definition) is 2. The van der Waals surface area contributed by atoms with Gasteiger partial charge in [-0.05, 0) is 44.9 Å². The van der Waals surface area contributed by atoms with Crippen LogP contribution in [0.1, 0.15) is 43.6 Å². The third kappa shape index (κ3) is 3.38. The van der Waals surface area contributed by atoms with Crippen molar-refractivity contribution >= 4 is 5.91 Å². The van der Waals surface area contributed by atoms with E-state index in [0.29, 0.717) is 6.04 Å². The standard InChI is InChI=1S/C15H25N3O/c1-3-10-18(12-13-7-5-9-16-13)15(19)14-8-6-11-17(14)4-2/h6,8,11,13,16H,3-5,7,9-10,12H2,1-2H3. The van der Waals surface area contributed by atoms with Gasteiger partial charge in [-0.25, -0.2) is 0 Å². The molecule has 1 aromatic heterocycles. The van der Waals surface area contributed by atoms with Crippen LogP contribution in [0.25, 0.3) is 0 Å². The molecule has 4 nitrogen and oxygen atoms in total. The van der Waals surface area contributed by atoms with Crippen LogP contribution in [-0.4, -0.2) is 41.1 Å². The van der Waals surface area contributed by atoms with Crippen molar-refractivity contribution in [3.05, 3.63) is 24.0 Å². The van der Waals surface area contributed by atoms with Crippen LogP contribution >= 0.6 is 0 Å². The fraction of sp³-hybridized carbons (Fsp3) is 0.667. The summed E-state index contributed by atoms with van der Waals surface area (Å²) in [4.78, 5) is 14.6. The number of carbonyl (C=O) groups excluding carboxylic acids is 1. The number of carbonyl (C=O) groups is 1. The Bertz CT molecular complexity index is 407. The SMILES string of the molecule is CCCN(CC1CCCN1)C(=O)c1cccn1CC. The number of nitrogens with one attached hydrogen (secondary N) is 1. The first-order valence-electron chi connectivity index (χ1n) is 7.44. The molecule has 4 heteroatoms. The van der Waals surface area contributed by atoms with E-state index in [0.717, 1.165) is 38.3 Å². The van der Waals surface area contributed by atoms with Crippen LogP contribution in [-0.2, 0) is 6.54 Å². The lowest BCUT2D eigenvalue weighted by atomic mass is 10.2. The predicted molar refractivity (Wildman–Crippen MR) is 77.3 cm³/mol. The van der Waals surface area contributed by atoms with Gasteiger partial charge < -0.3 is 14.8 Å². The molecule has 1 aliphatic heterocycles. The molecule has 1 atom stereocenters. The van der Waals surface area contributed by atoms with Gasteiger partial charge in [0.2, 0.25) is 0 Å². The molecule has 1 aromatic rings. The van der Waals surface area contributed by atoms with Gasteiger partial charge in [0.15, 0.2) is 0 Å². The second-order valence-corrected chi connectivity index (χ2v) is 5.22. The summed E-state index contributed by atoms with van der Waals surface area (Å²) in [5.41, 5.74) is 0.814. The van der Waals surface area contributed by atoms with E-state index >= 15 is 0 Å². The van der Waals surface area contributed by atoms with Crippen molar-refractivity contribution < 1.29 is 4.79 Å². The van der Waals surface area contributed by atoms with Gasteiger partial charge in [-0.2, -0.15) is 0 Å². The van der Waals surface area contributed by atoms with Gasteiger partial charge in [-0.15, -0.1) is 0 Å². The predicted octanol–water partition coefficient (Wildman–Crippen LogP) is 2.11. The zero-order valence-electron chi connectivity index (χ0n) is 12.1. The minimum Gasteiger partial charge on any atom is -0.344 e. The minimum atomic E-state index is 0.169. The molecule has 0 saturated carbocycles. The lowest BCUT2D eigenvalue weighted by Gasteiger charge is -2.26. The van der Waals surface area contributed by atoms with Crippen molar-refractivity contribution in [1.29, 1.82) is 0 Å². The Hall–Kier alpha value is -1.29. The average molecular weight is 263 g/mol. The third-order valence-corrected chi connectivity index (χ3v) is 3.77. The Balaban J connectivity index is 2.06. The van der Waals surface area contributed by atoms with Crippen molar-refractivity contribution in [2.45, 2.75) is 45.7 Å². The molecule has 106 valence electrons. The third-order valence-electron chi connectivity index (χ3n) is 3.77. The molecular formula is C15H25N3O. The van der Waals surface area contributed by atoms with E-state index in [9.17, 15) is 4.79 Å². The molecule has 1 aliphatic rings. The lowest BCUT2D eigenvalue weighted by molar-refractivity contribution is 0.0731. The summed E-state index contributed by atoms with van der Waals surface area (Å²) >= 11 is 0. The highest BCUT2D eigenvalue weighted by Gasteiger charge is 2.23. The molecule has 19 heavy (non-hydrogen) atoms. The maximum Gasteiger partial charge on any atom is 0.270 e. The highest BCUT2D eigenvalue weighted by molar-refractivity contribution is 5.92. The van der Waals surface area contributed by atoms with Gasteiger partial charge in [0, 0.05) is 31.9 Å². The summed E-state index contributed by atoms with van der Waals surface area (Å²) in [5.74, 6) is 0.169. The molecule has 0 aliphatic carbocycles. The lowest BCUT2D eigenvalue weighted by Crippen LogP contribution is -2.42. The summed E-state index contributed by atoms with van der Waals surface area (Å²) in [6.07, 6.45) is 5.39. The molecule has 1 amide bonds. The number of rotatable bonds is 6. The first kappa shape index (κ1) is 14.1. The minimum absolute atomic E-state index is 0.169. The Morgan fingerprint density at radius 1 is 1.53 bits per heavy atom. The Kier molecular flexibility index (Phi) is 5.02. The molecule has 0 spiro atoms. The molecule has 1 unspecified atom stereocenters. The smallest absolute Gasteiger partial charge is 0.270 e. The topological polar surface area (TPSA) is 37.3 Å². The number of aryl methyl sites for hydroxylation is 1. The van der Waals surface area contributed by atoms with Crippen molar-refractivity contribution in [3.63, 3.8) is 0 Å². The second-order valence-electron chi connectivity index (χ2n) is 5.22. The maximum atomic E-state index is 12.6. The van der Waals surface area contributed by atoms with Gasteiger partial charge in [-0.3, -0.25) is 4.79 Å². The average Bonchev–Trinajstić information content (AvgIpc) is 3.08. The van der Waals surface area contributed by atoms with E-state index in [1.165, 1.54) is 12.8 Å². The largest absolute Gasteiger partial charge is 0.344 e. The molecule has 0 radical (unpaired) electrons. The fourth-order valence-electron chi connectivity index (χ4n) is 2.77. The van der Waals surface area contributed by atoms with E-state index in [2.05, 4.69) is 19.2 Å². The van der Waals surface area contributed by atoms with Crippen LogP contribution < -0.4 is 5.32 Å². The summed E-state index contributed by atoms with van der Waals surface area (Å²) in [6, 6.07) is 4.35. The molecule has 0 bridgehead atoms. The number of aromatic nitrogens is 1. The van der Waals surface area contributed by atoms with E-state index in [4.69, 9.17) is 0 Å². The van der Waals surface area contributed by atoms with Gasteiger partial charge in [0.1, 0.15) is 5.69 Å². The molecular weight excluding hydrogens is 238 g/mol. The Morgan fingerprint density at radius 3 is 3.00 bits per heavy atom. The van der Waals surface area contributed by atoms with E-state index in [-0.39, 0.29) is 5.91 Å². The monoisotopic (exact) mass is 263 g/mol. The zero-order valence-corrected chi connectivity index (χ0v) is 12.1. The van der Waals surface area contributed by atoms with Gasteiger partial charge in [0.25, 0.3) is 5.91 Å². The molecule has 2 heterocycles. The quantitative estimate of drug-likeness (QED) is 0.853. The van der Waals surface area contributed by atoms with Crippen molar-refractivity contribution in [1.82, 2.24) is 14.8 Å². The van der Waals surface area contributed by atoms with Crippen molar-refractivity contribution in [3.8, 4) is 0 Å². The van der Waals surface area contributed by atoms with Gasteiger partial charge >= 0.3 is 0 Å². The van der Waals surface area contributed by atoms with E-state index in [1.54, 1.807) is 0 Å². The summed E-state index contributed by atoms with van der Waals surface area (Å²) in [6.45, 7) is 7.80.